The van der Waals surface area contributed by atoms with Crippen LogP contribution in [0.5, 0.6) is 0 Å². The lowest BCUT2D eigenvalue weighted by atomic mass is 10.1. The van der Waals surface area contributed by atoms with Gasteiger partial charge in [-0.05, 0) is 12.3 Å². The van der Waals surface area contributed by atoms with Crippen LogP contribution in [0.1, 0.15) is 68.6 Å². The monoisotopic (exact) mass is 253 g/mol. The molecule has 0 unspecified atom stereocenters. The summed E-state index contributed by atoms with van der Waals surface area (Å²) in [5.74, 6) is -0.196. The van der Waals surface area contributed by atoms with Gasteiger partial charge in [0.25, 0.3) is 0 Å². The minimum absolute atomic E-state index is 0.209. The minimum atomic E-state index is -0.404. The Bertz CT molecular complexity index is 386. The van der Waals surface area contributed by atoms with Crippen molar-refractivity contribution in [2.75, 3.05) is 7.11 Å². The molecule has 0 radical (unpaired) electrons. The van der Waals surface area contributed by atoms with Gasteiger partial charge in [-0.25, -0.2) is 9.48 Å². The lowest BCUT2D eigenvalue weighted by Gasteiger charge is -2.10. The van der Waals surface area contributed by atoms with Crippen molar-refractivity contribution >= 4 is 5.97 Å². The van der Waals surface area contributed by atoms with Gasteiger partial charge in [0.2, 0.25) is 0 Å². The lowest BCUT2D eigenvalue weighted by molar-refractivity contribution is 0.0592. The second-order valence-electron chi connectivity index (χ2n) is 4.75. The summed E-state index contributed by atoms with van der Waals surface area (Å²) >= 11 is 0. The Labute approximate surface area is 109 Å². The fourth-order valence-electron chi connectivity index (χ4n) is 1.99. The molecule has 0 amide bonds. The number of esters is 1. The summed E-state index contributed by atoms with van der Waals surface area (Å²) in [5, 5.41) is 8.02. The molecule has 0 aromatic carbocycles. The second-order valence-corrected chi connectivity index (χ2v) is 4.75. The van der Waals surface area contributed by atoms with E-state index in [0.29, 0.717) is 5.69 Å². The molecule has 1 aromatic rings. The van der Waals surface area contributed by atoms with Gasteiger partial charge < -0.3 is 4.74 Å². The number of hydrogen-bond donors (Lipinski definition) is 0. The summed E-state index contributed by atoms with van der Waals surface area (Å²) in [6.45, 7) is 7.07. The van der Waals surface area contributed by atoms with Crippen molar-refractivity contribution in [3.8, 4) is 0 Å². The van der Waals surface area contributed by atoms with E-state index in [0.717, 1.165) is 18.7 Å². The molecule has 0 spiro atoms. The van der Waals surface area contributed by atoms with Crippen molar-refractivity contribution < 1.29 is 9.53 Å². The highest BCUT2D eigenvalue weighted by Crippen LogP contribution is 2.19. The molecule has 18 heavy (non-hydrogen) atoms. The number of carbonyl (C=O) groups is 1. The highest BCUT2D eigenvalue weighted by atomic mass is 16.5. The van der Waals surface area contributed by atoms with Crippen molar-refractivity contribution in [3.63, 3.8) is 0 Å². The predicted molar refractivity (Wildman–Crippen MR) is 69.6 cm³/mol. The number of methoxy groups -OCH3 is 1. The smallest absolute Gasteiger partial charge is 0.360 e. The molecule has 0 N–H and O–H groups in total. The van der Waals surface area contributed by atoms with E-state index in [4.69, 9.17) is 4.74 Å². The molecule has 0 aliphatic rings. The summed E-state index contributed by atoms with van der Waals surface area (Å²) in [7, 11) is 1.37. The Morgan fingerprint density at radius 1 is 1.33 bits per heavy atom. The van der Waals surface area contributed by atoms with Crippen LogP contribution in [0, 0.1) is 0 Å². The van der Waals surface area contributed by atoms with Crippen LogP contribution in [0.2, 0.25) is 0 Å². The first kappa shape index (κ1) is 14.7. The van der Waals surface area contributed by atoms with Crippen LogP contribution in [0.3, 0.4) is 0 Å². The second kappa shape index (κ2) is 7.13. The average Bonchev–Trinajstić information content (AvgIpc) is 2.77. The zero-order valence-electron chi connectivity index (χ0n) is 11.8. The molecular formula is C13H23N3O2. The van der Waals surface area contributed by atoms with Crippen LogP contribution in [-0.4, -0.2) is 28.1 Å². The number of aryl methyl sites for hydroxylation is 1. The maximum atomic E-state index is 11.6. The summed E-state index contributed by atoms with van der Waals surface area (Å²) in [6.07, 6.45) is 4.69. The van der Waals surface area contributed by atoms with E-state index in [2.05, 4.69) is 17.2 Å². The summed E-state index contributed by atoms with van der Waals surface area (Å²) in [4.78, 5) is 11.6. The van der Waals surface area contributed by atoms with Gasteiger partial charge in [0, 0.05) is 6.54 Å². The van der Waals surface area contributed by atoms with Crippen LogP contribution in [0.4, 0.5) is 0 Å². The molecule has 1 rings (SSSR count). The molecular weight excluding hydrogens is 230 g/mol. The Morgan fingerprint density at radius 2 is 2.06 bits per heavy atom. The van der Waals surface area contributed by atoms with Crippen LogP contribution in [0.25, 0.3) is 0 Å². The number of hydrogen-bond acceptors (Lipinski definition) is 4. The number of rotatable bonds is 7. The Hall–Kier alpha value is -1.39. The Balaban J connectivity index is 2.79. The largest absolute Gasteiger partial charge is 0.464 e. The molecule has 0 atom stereocenters. The lowest BCUT2D eigenvalue weighted by Crippen LogP contribution is -2.11. The van der Waals surface area contributed by atoms with E-state index >= 15 is 0 Å². The zero-order chi connectivity index (χ0) is 13.5. The van der Waals surface area contributed by atoms with Crippen molar-refractivity contribution in [1.29, 1.82) is 0 Å². The van der Waals surface area contributed by atoms with Crippen molar-refractivity contribution in [1.82, 2.24) is 15.0 Å². The fourth-order valence-corrected chi connectivity index (χ4v) is 1.99. The minimum Gasteiger partial charge on any atom is -0.464 e. The van der Waals surface area contributed by atoms with Crippen molar-refractivity contribution in [2.45, 2.75) is 58.9 Å². The first-order valence-corrected chi connectivity index (χ1v) is 6.63. The number of carbonyl (C=O) groups excluding carboxylic acids is 1. The quantitative estimate of drug-likeness (QED) is 0.554. The molecule has 0 aliphatic heterocycles. The third-order valence-corrected chi connectivity index (χ3v) is 2.92. The SMILES string of the molecule is CCCCCCn1nnc(C(=O)OC)c1C(C)C. The van der Waals surface area contributed by atoms with E-state index in [-0.39, 0.29) is 5.92 Å². The average molecular weight is 253 g/mol. The number of ether oxygens (including phenoxy) is 1. The third kappa shape index (κ3) is 3.55. The fraction of sp³-hybridized carbons (Fsp3) is 0.769. The predicted octanol–water partition coefficient (Wildman–Crippen LogP) is 2.77. The summed E-state index contributed by atoms with van der Waals surface area (Å²) < 4.78 is 6.57. The van der Waals surface area contributed by atoms with Crippen LogP contribution >= 0.6 is 0 Å². The number of nitrogens with zero attached hydrogens (tertiary/aromatic N) is 3. The molecule has 0 bridgehead atoms. The molecule has 0 saturated heterocycles. The molecule has 5 nitrogen and oxygen atoms in total. The first-order valence-electron chi connectivity index (χ1n) is 6.63. The van der Waals surface area contributed by atoms with Gasteiger partial charge in [-0.3, -0.25) is 0 Å². The van der Waals surface area contributed by atoms with E-state index < -0.39 is 5.97 Å². The summed E-state index contributed by atoms with van der Waals surface area (Å²) in [5.41, 5.74) is 1.22. The van der Waals surface area contributed by atoms with E-state index in [9.17, 15) is 4.79 Å². The van der Waals surface area contributed by atoms with Gasteiger partial charge in [-0.2, -0.15) is 0 Å². The summed E-state index contributed by atoms with van der Waals surface area (Å²) in [6, 6.07) is 0. The van der Waals surface area contributed by atoms with E-state index in [1.807, 2.05) is 18.5 Å². The molecule has 5 heteroatoms. The molecule has 0 saturated carbocycles. The molecule has 102 valence electrons. The van der Waals surface area contributed by atoms with Gasteiger partial charge in [-0.1, -0.05) is 45.2 Å². The van der Waals surface area contributed by atoms with Gasteiger partial charge in [0.15, 0.2) is 5.69 Å². The first-order chi connectivity index (χ1) is 8.61. The Morgan fingerprint density at radius 3 is 2.61 bits per heavy atom. The highest BCUT2D eigenvalue weighted by molar-refractivity contribution is 5.88. The maximum absolute atomic E-state index is 11.6. The zero-order valence-corrected chi connectivity index (χ0v) is 11.8. The molecule has 1 aromatic heterocycles. The van der Waals surface area contributed by atoms with Crippen molar-refractivity contribution in [2.24, 2.45) is 0 Å². The van der Waals surface area contributed by atoms with Gasteiger partial charge >= 0.3 is 5.97 Å². The van der Waals surface area contributed by atoms with Crippen LogP contribution in [0.15, 0.2) is 0 Å². The van der Waals surface area contributed by atoms with Crippen LogP contribution in [-0.2, 0) is 11.3 Å². The maximum Gasteiger partial charge on any atom is 0.360 e. The van der Waals surface area contributed by atoms with E-state index in [1.54, 1.807) is 0 Å². The number of aromatic nitrogens is 3. The van der Waals surface area contributed by atoms with Gasteiger partial charge in [-0.15, -0.1) is 5.10 Å². The number of unbranched alkanes of at least 4 members (excludes halogenated alkanes) is 3. The standard InChI is InChI=1S/C13H23N3O2/c1-5-6-7-8-9-16-12(10(2)3)11(14-15-16)13(17)18-4/h10H,5-9H2,1-4H3. The Kier molecular flexibility index (Phi) is 5.82. The van der Waals surface area contributed by atoms with Gasteiger partial charge in [0.05, 0.1) is 12.8 Å². The van der Waals surface area contributed by atoms with Crippen molar-refractivity contribution in [3.05, 3.63) is 11.4 Å². The molecule has 0 aliphatic carbocycles. The molecule has 1 heterocycles. The normalized spacial score (nSPS) is 10.9. The molecule has 0 fully saturated rings. The topological polar surface area (TPSA) is 57.0 Å². The van der Waals surface area contributed by atoms with Crippen LogP contribution < -0.4 is 0 Å². The third-order valence-electron chi connectivity index (χ3n) is 2.92. The van der Waals surface area contributed by atoms with E-state index in [1.165, 1.54) is 26.4 Å². The highest BCUT2D eigenvalue weighted by Gasteiger charge is 2.22. The van der Waals surface area contributed by atoms with Gasteiger partial charge in [0.1, 0.15) is 0 Å².